The van der Waals surface area contributed by atoms with Gasteiger partial charge in [0, 0.05) is 0 Å². The van der Waals surface area contributed by atoms with Gasteiger partial charge in [0.05, 0.1) is 11.4 Å². The lowest BCUT2D eigenvalue weighted by molar-refractivity contribution is -0.123. The summed E-state index contributed by atoms with van der Waals surface area (Å²) in [5.41, 5.74) is 2.89. The number of imide groups is 1. The largest absolute Gasteiger partial charge is 0.490 e. The van der Waals surface area contributed by atoms with Crippen LogP contribution < -0.4 is 9.47 Å². The van der Waals surface area contributed by atoms with Gasteiger partial charge in [-0.25, -0.2) is 0 Å². The number of aryl methyl sites for hydroxylation is 1. The Morgan fingerprint density at radius 3 is 2.33 bits per heavy atom. The Kier molecular flexibility index (Phi) is 7.05. The molecule has 0 unspecified atom stereocenters. The zero-order chi connectivity index (χ0) is 24.9. The van der Waals surface area contributed by atoms with E-state index < -0.39 is 0 Å². The van der Waals surface area contributed by atoms with Gasteiger partial charge in [0.25, 0.3) is 11.1 Å². The van der Waals surface area contributed by atoms with E-state index in [1.165, 1.54) is 10.5 Å². The highest BCUT2D eigenvalue weighted by Crippen LogP contribution is 2.34. The summed E-state index contributed by atoms with van der Waals surface area (Å²) in [5.74, 6) is 1.19. The minimum atomic E-state index is -0.282. The van der Waals surface area contributed by atoms with Gasteiger partial charge in [0.1, 0.15) is 24.7 Å². The fraction of sp³-hybridized carbons (Fsp3) is 0.133. The molecular weight excluding hydrogens is 470 g/mol. The van der Waals surface area contributed by atoms with Crippen LogP contribution in [0.3, 0.4) is 0 Å². The third-order valence-electron chi connectivity index (χ3n) is 5.83. The second kappa shape index (κ2) is 10.7. The van der Waals surface area contributed by atoms with Crippen molar-refractivity contribution < 1.29 is 19.1 Å². The summed E-state index contributed by atoms with van der Waals surface area (Å²) in [4.78, 5) is 27.3. The van der Waals surface area contributed by atoms with Gasteiger partial charge in [-0.15, -0.1) is 0 Å². The molecule has 1 aliphatic heterocycles. The molecule has 0 aromatic heterocycles. The third-order valence-corrected chi connectivity index (χ3v) is 6.73. The molecule has 0 bridgehead atoms. The molecule has 0 saturated carbocycles. The summed E-state index contributed by atoms with van der Waals surface area (Å²) in [6.45, 7) is 3.09. The standard InChI is InChI=1S/C30H25NO4S/c1-21-9-13-26(14-10-21)34-15-16-35-27-8-4-5-22(18-27)19-28-29(32)31(30(33)36-28)20-23-11-12-24-6-2-3-7-25(24)17-23/h2-14,17-19H,15-16,20H2,1H3/b28-19-. The Bertz CT molecular complexity index is 1450. The van der Waals surface area contributed by atoms with Crippen LogP contribution in [0.2, 0.25) is 0 Å². The van der Waals surface area contributed by atoms with Gasteiger partial charge >= 0.3 is 0 Å². The van der Waals surface area contributed by atoms with Crippen LogP contribution in [-0.2, 0) is 11.3 Å². The van der Waals surface area contributed by atoms with Crippen molar-refractivity contribution >= 4 is 39.8 Å². The van der Waals surface area contributed by atoms with E-state index in [1.807, 2.05) is 97.9 Å². The van der Waals surface area contributed by atoms with E-state index in [0.717, 1.165) is 39.4 Å². The lowest BCUT2D eigenvalue weighted by Gasteiger charge is -2.13. The molecule has 0 radical (unpaired) electrons. The molecule has 1 heterocycles. The van der Waals surface area contributed by atoms with Crippen molar-refractivity contribution in [1.82, 2.24) is 4.90 Å². The number of fused-ring (bicyclic) bond motifs is 1. The number of nitrogens with zero attached hydrogens (tertiary/aromatic N) is 1. The molecule has 1 aliphatic rings. The van der Waals surface area contributed by atoms with E-state index in [9.17, 15) is 9.59 Å². The zero-order valence-electron chi connectivity index (χ0n) is 19.8. The lowest BCUT2D eigenvalue weighted by atomic mass is 10.1. The number of rotatable bonds is 8. The molecule has 2 amide bonds. The van der Waals surface area contributed by atoms with Gasteiger partial charge in [0.15, 0.2) is 0 Å². The quantitative estimate of drug-likeness (QED) is 0.198. The number of thioether (sulfide) groups is 1. The van der Waals surface area contributed by atoms with Crippen molar-refractivity contribution in [3.8, 4) is 11.5 Å². The van der Waals surface area contributed by atoms with Crippen LogP contribution in [0.25, 0.3) is 16.8 Å². The minimum Gasteiger partial charge on any atom is -0.490 e. The first-order valence-electron chi connectivity index (χ1n) is 11.7. The van der Waals surface area contributed by atoms with Crippen LogP contribution in [0.5, 0.6) is 11.5 Å². The third kappa shape index (κ3) is 5.61. The van der Waals surface area contributed by atoms with Crippen LogP contribution in [-0.4, -0.2) is 29.3 Å². The van der Waals surface area contributed by atoms with Crippen molar-refractivity contribution in [2.75, 3.05) is 13.2 Å². The average molecular weight is 496 g/mol. The molecule has 0 atom stereocenters. The first-order chi connectivity index (χ1) is 17.5. The number of carbonyl (C=O) groups excluding carboxylic acids is 2. The summed E-state index contributed by atoms with van der Waals surface area (Å²) in [5, 5.41) is 1.94. The Balaban J connectivity index is 1.21. The Morgan fingerprint density at radius 2 is 1.53 bits per heavy atom. The second-order valence-electron chi connectivity index (χ2n) is 8.53. The first-order valence-corrected chi connectivity index (χ1v) is 12.5. The van der Waals surface area contributed by atoms with E-state index in [0.29, 0.717) is 23.9 Å². The molecular formula is C30H25NO4S. The topological polar surface area (TPSA) is 55.8 Å². The maximum atomic E-state index is 13.0. The number of amides is 2. The molecule has 5 rings (SSSR count). The number of carbonyl (C=O) groups is 2. The van der Waals surface area contributed by atoms with E-state index >= 15 is 0 Å². The van der Waals surface area contributed by atoms with E-state index in [1.54, 1.807) is 6.08 Å². The number of hydrogen-bond acceptors (Lipinski definition) is 5. The fourth-order valence-corrected chi connectivity index (χ4v) is 4.79. The molecule has 0 N–H and O–H groups in total. The molecule has 1 fully saturated rings. The maximum absolute atomic E-state index is 13.0. The predicted octanol–water partition coefficient (Wildman–Crippen LogP) is 6.84. The molecule has 0 spiro atoms. The molecule has 1 saturated heterocycles. The van der Waals surface area contributed by atoms with E-state index in [-0.39, 0.29) is 17.7 Å². The number of ether oxygens (including phenoxy) is 2. The first kappa shape index (κ1) is 23.7. The van der Waals surface area contributed by atoms with E-state index in [2.05, 4.69) is 0 Å². The highest BCUT2D eigenvalue weighted by Gasteiger charge is 2.35. The lowest BCUT2D eigenvalue weighted by Crippen LogP contribution is -2.27. The van der Waals surface area contributed by atoms with Crippen LogP contribution in [0.4, 0.5) is 4.79 Å². The molecule has 180 valence electrons. The Hall–Kier alpha value is -4.03. The van der Waals surface area contributed by atoms with Crippen molar-refractivity contribution in [3.63, 3.8) is 0 Å². The van der Waals surface area contributed by atoms with Gasteiger partial charge in [-0.2, -0.15) is 0 Å². The summed E-state index contributed by atoms with van der Waals surface area (Å²) >= 11 is 0.963. The van der Waals surface area contributed by atoms with Crippen LogP contribution in [0.15, 0.2) is 95.9 Å². The summed E-state index contributed by atoms with van der Waals surface area (Å²) in [6, 6.07) is 29.3. The minimum absolute atomic E-state index is 0.247. The predicted molar refractivity (Wildman–Crippen MR) is 144 cm³/mol. The maximum Gasteiger partial charge on any atom is 0.293 e. The van der Waals surface area contributed by atoms with E-state index in [4.69, 9.17) is 9.47 Å². The van der Waals surface area contributed by atoms with Crippen molar-refractivity contribution in [3.05, 3.63) is 113 Å². The summed E-state index contributed by atoms with van der Waals surface area (Å²) < 4.78 is 11.5. The number of benzene rings is 4. The zero-order valence-corrected chi connectivity index (χ0v) is 20.7. The van der Waals surface area contributed by atoms with Gasteiger partial charge in [0.2, 0.25) is 0 Å². The normalized spacial score (nSPS) is 14.6. The highest BCUT2D eigenvalue weighted by atomic mass is 32.2. The molecule has 0 aliphatic carbocycles. The van der Waals surface area contributed by atoms with Gasteiger partial charge in [-0.3, -0.25) is 14.5 Å². The second-order valence-corrected chi connectivity index (χ2v) is 9.53. The van der Waals surface area contributed by atoms with Crippen LogP contribution in [0.1, 0.15) is 16.7 Å². The molecule has 4 aromatic carbocycles. The summed E-state index contributed by atoms with van der Waals surface area (Å²) in [7, 11) is 0. The van der Waals surface area contributed by atoms with Crippen molar-refractivity contribution in [2.45, 2.75) is 13.5 Å². The van der Waals surface area contributed by atoms with Crippen molar-refractivity contribution in [1.29, 1.82) is 0 Å². The van der Waals surface area contributed by atoms with Gasteiger partial charge in [-0.1, -0.05) is 66.2 Å². The van der Waals surface area contributed by atoms with Crippen LogP contribution in [0, 0.1) is 6.92 Å². The molecule has 4 aromatic rings. The van der Waals surface area contributed by atoms with Crippen LogP contribution >= 0.6 is 11.8 Å². The molecule has 36 heavy (non-hydrogen) atoms. The molecule has 5 nitrogen and oxygen atoms in total. The monoisotopic (exact) mass is 495 g/mol. The highest BCUT2D eigenvalue weighted by molar-refractivity contribution is 8.18. The molecule has 6 heteroatoms. The number of hydrogen-bond donors (Lipinski definition) is 0. The van der Waals surface area contributed by atoms with Gasteiger partial charge in [-0.05, 0) is 77.0 Å². The Morgan fingerprint density at radius 1 is 0.778 bits per heavy atom. The van der Waals surface area contributed by atoms with Gasteiger partial charge < -0.3 is 9.47 Å². The van der Waals surface area contributed by atoms with Crippen molar-refractivity contribution in [2.24, 2.45) is 0 Å². The summed E-state index contributed by atoms with van der Waals surface area (Å²) in [6.07, 6.45) is 1.74. The Labute approximate surface area is 214 Å². The fourth-order valence-electron chi connectivity index (χ4n) is 3.96. The smallest absolute Gasteiger partial charge is 0.293 e. The average Bonchev–Trinajstić information content (AvgIpc) is 3.15. The SMILES string of the molecule is Cc1ccc(OCCOc2cccc(/C=C3\SC(=O)N(Cc4ccc5ccccc5c4)C3=O)c2)cc1.